The van der Waals surface area contributed by atoms with Gasteiger partial charge in [-0.15, -0.1) is 0 Å². The zero-order valence-electron chi connectivity index (χ0n) is 14.1. The zero-order valence-corrected chi connectivity index (χ0v) is 14.9. The van der Waals surface area contributed by atoms with Crippen molar-refractivity contribution in [3.63, 3.8) is 0 Å². The predicted molar refractivity (Wildman–Crippen MR) is 92.2 cm³/mol. The van der Waals surface area contributed by atoms with Gasteiger partial charge in [-0.25, -0.2) is 0 Å². The Kier molecular flexibility index (Phi) is 6.52. The third-order valence-electron chi connectivity index (χ3n) is 3.63. The molecule has 0 aliphatic rings. The van der Waals surface area contributed by atoms with Crippen LogP contribution in [0, 0.1) is 0 Å². The number of hydrogen-bond acceptors (Lipinski definition) is 5. The summed E-state index contributed by atoms with van der Waals surface area (Å²) in [5.74, 6) is -0.267. The standard InChI is InChI=1S/C17H20ClN3O4/c1-11(2)21(10-9-16(23)24)15(22)8-7-14-19-17(20-25-14)12-3-5-13(18)6-4-12/h3-6,11H,7-10H2,1-2H3,(H,23,24). The summed E-state index contributed by atoms with van der Waals surface area (Å²) in [6.45, 7) is 3.89. The number of aromatic nitrogens is 2. The first-order chi connectivity index (χ1) is 11.9. The van der Waals surface area contributed by atoms with Crippen LogP contribution in [0.2, 0.25) is 5.02 Å². The normalized spacial score (nSPS) is 10.9. The van der Waals surface area contributed by atoms with Crippen LogP contribution in [0.1, 0.15) is 32.6 Å². The second-order valence-electron chi connectivity index (χ2n) is 5.84. The fourth-order valence-corrected chi connectivity index (χ4v) is 2.44. The van der Waals surface area contributed by atoms with Gasteiger partial charge in [-0.3, -0.25) is 9.59 Å². The molecule has 25 heavy (non-hydrogen) atoms. The van der Waals surface area contributed by atoms with Crippen LogP contribution in [0.5, 0.6) is 0 Å². The molecule has 0 aliphatic carbocycles. The third-order valence-corrected chi connectivity index (χ3v) is 3.89. The summed E-state index contributed by atoms with van der Waals surface area (Å²) in [5.41, 5.74) is 0.774. The number of carboxylic acid groups (broad SMARTS) is 1. The molecule has 0 unspecified atom stereocenters. The highest BCUT2D eigenvalue weighted by atomic mass is 35.5. The van der Waals surface area contributed by atoms with Gasteiger partial charge in [0.1, 0.15) is 0 Å². The lowest BCUT2D eigenvalue weighted by atomic mass is 10.2. The van der Waals surface area contributed by atoms with Crippen LogP contribution in [0.25, 0.3) is 11.4 Å². The number of benzene rings is 1. The highest BCUT2D eigenvalue weighted by molar-refractivity contribution is 6.30. The SMILES string of the molecule is CC(C)N(CCC(=O)O)C(=O)CCc1nc(-c2ccc(Cl)cc2)no1. The fraction of sp³-hybridized carbons (Fsp3) is 0.412. The van der Waals surface area contributed by atoms with E-state index in [1.54, 1.807) is 29.2 Å². The molecule has 0 saturated heterocycles. The Morgan fingerprint density at radius 3 is 2.52 bits per heavy atom. The number of halogens is 1. The molecule has 1 aromatic carbocycles. The number of carbonyl (C=O) groups is 2. The van der Waals surface area contributed by atoms with E-state index >= 15 is 0 Å². The minimum atomic E-state index is -0.928. The van der Waals surface area contributed by atoms with Gasteiger partial charge >= 0.3 is 5.97 Å². The maximum absolute atomic E-state index is 12.3. The van der Waals surface area contributed by atoms with Crippen LogP contribution in [0.3, 0.4) is 0 Å². The zero-order chi connectivity index (χ0) is 18.4. The molecular formula is C17H20ClN3O4. The number of aryl methyl sites for hydroxylation is 1. The van der Waals surface area contributed by atoms with E-state index in [-0.39, 0.29) is 31.3 Å². The molecule has 0 fully saturated rings. The summed E-state index contributed by atoms with van der Waals surface area (Å²) in [4.78, 5) is 28.8. The Balaban J connectivity index is 1.95. The molecule has 2 aromatic rings. The van der Waals surface area contributed by atoms with Crippen LogP contribution in [-0.2, 0) is 16.0 Å². The van der Waals surface area contributed by atoms with E-state index in [9.17, 15) is 9.59 Å². The number of carboxylic acids is 1. The van der Waals surface area contributed by atoms with Gasteiger partial charge in [-0.2, -0.15) is 4.98 Å². The average molecular weight is 366 g/mol. The van der Waals surface area contributed by atoms with Crippen LogP contribution >= 0.6 is 11.6 Å². The lowest BCUT2D eigenvalue weighted by Crippen LogP contribution is -2.38. The molecule has 2 rings (SSSR count). The van der Waals surface area contributed by atoms with Gasteiger partial charge in [0.2, 0.25) is 17.6 Å². The first-order valence-corrected chi connectivity index (χ1v) is 8.34. The Hall–Kier alpha value is -2.41. The summed E-state index contributed by atoms with van der Waals surface area (Å²) < 4.78 is 5.18. The molecule has 134 valence electrons. The number of hydrogen-bond donors (Lipinski definition) is 1. The van der Waals surface area contributed by atoms with Crippen molar-refractivity contribution in [2.24, 2.45) is 0 Å². The van der Waals surface area contributed by atoms with Crippen molar-refractivity contribution in [3.8, 4) is 11.4 Å². The smallest absolute Gasteiger partial charge is 0.305 e. The van der Waals surface area contributed by atoms with Gasteiger partial charge in [0.15, 0.2) is 0 Å². The van der Waals surface area contributed by atoms with Crippen LogP contribution in [-0.4, -0.2) is 44.6 Å². The van der Waals surface area contributed by atoms with E-state index in [2.05, 4.69) is 10.1 Å². The van der Waals surface area contributed by atoms with E-state index in [1.807, 2.05) is 13.8 Å². The molecule has 1 heterocycles. The molecule has 8 heteroatoms. The second kappa shape index (κ2) is 8.62. The van der Waals surface area contributed by atoms with E-state index in [0.717, 1.165) is 5.56 Å². The average Bonchev–Trinajstić information content (AvgIpc) is 3.02. The highest BCUT2D eigenvalue weighted by Crippen LogP contribution is 2.19. The van der Waals surface area contributed by atoms with Crippen molar-refractivity contribution in [1.82, 2.24) is 15.0 Å². The van der Waals surface area contributed by atoms with Crippen LogP contribution in [0.4, 0.5) is 0 Å². The number of nitrogens with zero attached hydrogens (tertiary/aromatic N) is 3. The first-order valence-electron chi connectivity index (χ1n) is 7.96. The Morgan fingerprint density at radius 1 is 1.24 bits per heavy atom. The molecule has 1 aromatic heterocycles. The topological polar surface area (TPSA) is 96.5 Å². The minimum Gasteiger partial charge on any atom is -0.481 e. The van der Waals surface area contributed by atoms with Gasteiger partial charge in [0, 0.05) is 36.0 Å². The predicted octanol–water partition coefficient (Wildman–Crippen LogP) is 3.03. The molecule has 0 spiro atoms. The lowest BCUT2D eigenvalue weighted by Gasteiger charge is -2.26. The van der Waals surface area contributed by atoms with Gasteiger partial charge in [0.05, 0.1) is 6.42 Å². The van der Waals surface area contributed by atoms with Crippen LogP contribution in [0.15, 0.2) is 28.8 Å². The number of aliphatic carboxylic acids is 1. The Labute approximate surface area is 150 Å². The number of amides is 1. The molecule has 0 bridgehead atoms. The fourth-order valence-electron chi connectivity index (χ4n) is 2.32. The summed E-state index contributed by atoms with van der Waals surface area (Å²) >= 11 is 5.85. The summed E-state index contributed by atoms with van der Waals surface area (Å²) in [6, 6.07) is 6.97. The van der Waals surface area contributed by atoms with Crippen molar-refractivity contribution in [2.75, 3.05) is 6.54 Å². The maximum atomic E-state index is 12.3. The van der Waals surface area contributed by atoms with Crippen molar-refractivity contribution in [3.05, 3.63) is 35.2 Å². The molecule has 0 saturated carbocycles. The van der Waals surface area contributed by atoms with E-state index in [4.69, 9.17) is 21.2 Å². The molecule has 0 radical (unpaired) electrons. The van der Waals surface area contributed by atoms with Crippen molar-refractivity contribution in [2.45, 2.75) is 39.2 Å². The monoisotopic (exact) mass is 365 g/mol. The quantitative estimate of drug-likeness (QED) is 0.772. The largest absolute Gasteiger partial charge is 0.481 e. The van der Waals surface area contributed by atoms with Gasteiger partial charge in [0.25, 0.3) is 0 Å². The van der Waals surface area contributed by atoms with Gasteiger partial charge in [-0.05, 0) is 38.1 Å². The van der Waals surface area contributed by atoms with E-state index in [0.29, 0.717) is 23.2 Å². The molecule has 0 atom stereocenters. The number of rotatable bonds is 8. The third kappa shape index (κ3) is 5.56. The van der Waals surface area contributed by atoms with Gasteiger partial charge < -0.3 is 14.5 Å². The first kappa shape index (κ1) is 18.9. The lowest BCUT2D eigenvalue weighted by molar-refractivity contribution is -0.139. The number of carbonyl (C=O) groups excluding carboxylic acids is 1. The summed E-state index contributed by atoms with van der Waals surface area (Å²) in [5, 5.41) is 13.3. The maximum Gasteiger partial charge on any atom is 0.305 e. The Bertz CT molecular complexity index is 728. The minimum absolute atomic E-state index is 0.0702. The van der Waals surface area contributed by atoms with Gasteiger partial charge in [-0.1, -0.05) is 16.8 Å². The van der Waals surface area contributed by atoms with Crippen molar-refractivity contribution < 1.29 is 19.2 Å². The van der Waals surface area contributed by atoms with Crippen LogP contribution < -0.4 is 0 Å². The van der Waals surface area contributed by atoms with Crippen molar-refractivity contribution >= 4 is 23.5 Å². The van der Waals surface area contributed by atoms with E-state index < -0.39 is 5.97 Å². The summed E-state index contributed by atoms with van der Waals surface area (Å²) in [6.07, 6.45) is 0.404. The highest BCUT2D eigenvalue weighted by Gasteiger charge is 2.19. The summed E-state index contributed by atoms with van der Waals surface area (Å²) in [7, 11) is 0. The second-order valence-corrected chi connectivity index (χ2v) is 6.28. The molecule has 1 N–H and O–H groups in total. The van der Waals surface area contributed by atoms with E-state index in [1.165, 1.54) is 0 Å². The van der Waals surface area contributed by atoms with Crippen molar-refractivity contribution in [1.29, 1.82) is 0 Å². The Morgan fingerprint density at radius 2 is 1.92 bits per heavy atom. The molecule has 0 aliphatic heterocycles. The molecular weight excluding hydrogens is 346 g/mol. The molecule has 1 amide bonds. The molecule has 7 nitrogen and oxygen atoms in total.